The average molecular weight is 452 g/mol. The highest BCUT2D eigenvalue weighted by Crippen LogP contribution is 2.46. The zero-order chi connectivity index (χ0) is 23.7. The molecule has 0 amide bonds. The molecular weight excluding hydrogens is 431 g/mol. The van der Waals surface area contributed by atoms with E-state index in [-0.39, 0.29) is 18.3 Å². The summed E-state index contributed by atoms with van der Waals surface area (Å²) >= 11 is 0. The lowest BCUT2D eigenvalue weighted by atomic mass is 9.83. The first-order valence-corrected chi connectivity index (χ1v) is 10.7. The van der Waals surface area contributed by atoms with E-state index in [2.05, 4.69) is 16.3 Å². The van der Waals surface area contributed by atoms with Crippen LogP contribution in [0.25, 0.3) is 11.3 Å². The Kier molecular flexibility index (Phi) is 5.48. The molecule has 0 bridgehead atoms. The van der Waals surface area contributed by atoms with Crippen molar-refractivity contribution in [1.29, 1.82) is 5.26 Å². The van der Waals surface area contributed by atoms with E-state index in [9.17, 15) is 9.65 Å². The monoisotopic (exact) mass is 452 g/mol. The van der Waals surface area contributed by atoms with Gasteiger partial charge in [-0.25, -0.2) is 4.39 Å². The largest absolute Gasteiger partial charge is 0.489 e. The molecule has 4 aromatic rings. The van der Waals surface area contributed by atoms with Crippen molar-refractivity contribution >= 4 is 0 Å². The Bertz CT molecular complexity index is 1420. The fraction of sp³-hybridized carbons (Fsp3) is 0.111. The van der Waals surface area contributed by atoms with Crippen LogP contribution in [-0.2, 0) is 6.61 Å². The first kappa shape index (κ1) is 21.3. The molecular formula is C27H21FN4O2. The summed E-state index contributed by atoms with van der Waals surface area (Å²) in [6.07, 6.45) is 0. The summed E-state index contributed by atoms with van der Waals surface area (Å²) in [7, 11) is 0. The van der Waals surface area contributed by atoms with E-state index in [1.54, 1.807) is 12.1 Å². The van der Waals surface area contributed by atoms with Gasteiger partial charge in [0.25, 0.3) is 0 Å². The van der Waals surface area contributed by atoms with Crippen LogP contribution < -0.4 is 15.2 Å². The molecule has 3 N–H and O–H groups in total. The number of aryl methyl sites for hydroxylation is 1. The highest BCUT2D eigenvalue weighted by atomic mass is 19.1. The number of nitrogens with two attached hydrogens (primary N) is 1. The molecule has 6 nitrogen and oxygen atoms in total. The molecule has 0 fully saturated rings. The van der Waals surface area contributed by atoms with Gasteiger partial charge in [-0.15, -0.1) is 5.10 Å². The van der Waals surface area contributed by atoms with Crippen LogP contribution in [0, 0.1) is 24.1 Å². The lowest BCUT2D eigenvalue weighted by molar-refractivity contribution is 0.305. The standard InChI is InChI=1S/C27H21FN4O2/c1-16-5-9-18(10-6-16)25-24-23(22(14-29)26(30)34-27(24)32-31-25)19-3-2-4-21(13-19)33-15-17-7-11-20(28)12-8-17/h2-13,23H,15,30H2,1H3,(H,31,32)/t23-/m0/s1. The van der Waals surface area contributed by atoms with Crippen molar-refractivity contribution < 1.29 is 13.9 Å². The second-order valence-electron chi connectivity index (χ2n) is 8.10. The Morgan fingerprint density at radius 3 is 2.62 bits per heavy atom. The highest BCUT2D eigenvalue weighted by Gasteiger charge is 2.35. The number of nitriles is 1. The third kappa shape index (κ3) is 3.97. The number of aromatic amines is 1. The van der Waals surface area contributed by atoms with Gasteiger partial charge in [0.1, 0.15) is 29.8 Å². The molecule has 0 radical (unpaired) electrons. The number of nitrogens with one attached hydrogen (secondary N) is 1. The summed E-state index contributed by atoms with van der Waals surface area (Å²) in [5.74, 6) is 0.206. The summed E-state index contributed by atoms with van der Waals surface area (Å²) in [6, 6.07) is 23.9. The number of hydrogen-bond donors (Lipinski definition) is 2. The van der Waals surface area contributed by atoms with Crippen LogP contribution in [0.15, 0.2) is 84.3 Å². The molecule has 2 heterocycles. The van der Waals surface area contributed by atoms with Crippen LogP contribution >= 0.6 is 0 Å². The summed E-state index contributed by atoms with van der Waals surface area (Å²) in [4.78, 5) is 0. The van der Waals surface area contributed by atoms with E-state index < -0.39 is 5.92 Å². The minimum Gasteiger partial charge on any atom is -0.489 e. The summed E-state index contributed by atoms with van der Waals surface area (Å²) in [5, 5.41) is 17.3. The quantitative estimate of drug-likeness (QED) is 0.427. The first-order valence-electron chi connectivity index (χ1n) is 10.7. The molecule has 1 aliphatic heterocycles. The summed E-state index contributed by atoms with van der Waals surface area (Å²) in [5.41, 5.74) is 11.6. The number of nitrogens with zero attached hydrogens (tertiary/aromatic N) is 2. The molecule has 1 aromatic heterocycles. The molecule has 0 aliphatic carbocycles. The Balaban J connectivity index is 1.53. The van der Waals surface area contributed by atoms with Crippen LogP contribution in [-0.4, -0.2) is 10.2 Å². The number of benzene rings is 3. The first-order chi connectivity index (χ1) is 16.5. The highest BCUT2D eigenvalue weighted by molar-refractivity contribution is 5.71. The van der Waals surface area contributed by atoms with Gasteiger partial charge in [0, 0.05) is 5.56 Å². The van der Waals surface area contributed by atoms with Crippen LogP contribution in [0.5, 0.6) is 11.6 Å². The van der Waals surface area contributed by atoms with E-state index in [0.717, 1.165) is 33.5 Å². The minimum absolute atomic E-state index is 0.0274. The van der Waals surface area contributed by atoms with Gasteiger partial charge in [0.15, 0.2) is 0 Å². The smallest absolute Gasteiger partial charge is 0.244 e. The van der Waals surface area contributed by atoms with E-state index in [1.165, 1.54) is 12.1 Å². The molecule has 34 heavy (non-hydrogen) atoms. The molecule has 5 rings (SSSR count). The molecule has 7 heteroatoms. The fourth-order valence-corrected chi connectivity index (χ4v) is 4.05. The van der Waals surface area contributed by atoms with Crippen molar-refractivity contribution in [3.8, 4) is 29.0 Å². The number of rotatable bonds is 5. The minimum atomic E-state index is -0.488. The van der Waals surface area contributed by atoms with Crippen LogP contribution in [0.2, 0.25) is 0 Å². The second kappa shape index (κ2) is 8.75. The lowest BCUT2D eigenvalue weighted by Crippen LogP contribution is -2.21. The Morgan fingerprint density at radius 1 is 1.12 bits per heavy atom. The van der Waals surface area contributed by atoms with Crippen molar-refractivity contribution in [2.45, 2.75) is 19.4 Å². The average Bonchev–Trinajstić information content (AvgIpc) is 3.26. The lowest BCUT2D eigenvalue weighted by Gasteiger charge is -2.24. The third-order valence-corrected chi connectivity index (χ3v) is 5.79. The molecule has 0 unspecified atom stereocenters. The van der Waals surface area contributed by atoms with Gasteiger partial charge in [-0.05, 0) is 42.3 Å². The Labute approximate surface area is 196 Å². The second-order valence-corrected chi connectivity index (χ2v) is 8.10. The zero-order valence-electron chi connectivity index (χ0n) is 18.4. The van der Waals surface area contributed by atoms with Crippen molar-refractivity contribution in [1.82, 2.24) is 10.2 Å². The summed E-state index contributed by atoms with van der Waals surface area (Å²) in [6.45, 7) is 2.30. The SMILES string of the molecule is Cc1ccc(-c2[nH]nc3c2[C@@H](c2cccc(OCc4ccc(F)cc4)c2)C(C#N)=C(N)O3)cc1. The molecule has 1 atom stereocenters. The van der Waals surface area contributed by atoms with Crippen LogP contribution in [0.4, 0.5) is 4.39 Å². The number of halogens is 1. The van der Waals surface area contributed by atoms with Gasteiger partial charge < -0.3 is 15.2 Å². The Morgan fingerprint density at radius 2 is 1.88 bits per heavy atom. The van der Waals surface area contributed by atoms with Gasteiger partial charge in [-0.1, -0.05) is 54.1 Å². The van der Waals surface area contributed by atoms with E-state index in [0.29, 0.717) is 17.2 Å². The number of hydrogen-bond acceptors (Lipinski definition) is 5. The number of fused-ring (bicyclic) bond motifs is 1. The fourth-order valence-electron chi connectivity index (χ4n) is 4.05. The van der Waals surface area contributed by atoms with Gasteiger partial charge >= 0.3 is 0 Å². The van der Waals surface area contributed by atoms with Crippen molar-refractivity contribution in [3.05, 3.63) is 112 Å². The maximum absolute atomic E-state index is 13.2. The molecule has 0 spiro atoms. The third-order valence-electron chi connectivity index (χ3n) is 5.79. The predicted molar refractivity (Wildman–Crippen MR) is 125 cm³/mol. The number of allylic oxidation sites excluding steroid dienone is 1. The van der Waals surface area contributed by atoms with E-state index in [4.69, 9.17) is 15.2 Å². The molecule has 0 saturated carbocycles. The van der Waals surface area contributed by atoms with Crippen LogP contribution in [0.1, 0.15) is 28.2 Å². The van der Waals surface area contributed by atoms with Crippen molar-refractivity contribution in [2.75, 3.05) is 0 Å². The summed E-state index contributed by atoms with van der Waals surface area (Å²) < 4.78 is 24.8. The number of H-pyrrole nitrogens is 1. The van der Waals surface area contributed by atoms with Gasteiger partial charge in [-0.3, -0.25) is 5.10 Å². The maximum atomic E-state index is 13.2. The van der Waals surface area contributed by atoms with Crippen molar-refractivity contribution in [3.63, 3.8) is 0 Å². The zero-order valence-corrected chi connectivity index (χ0v) is 18.4. The molecule has 168 valence electrons. The molecule has 3 aromatic carbocycles. The number of ether oxygens (including phenoxy) is 2. The normalized spacial score (nSPS) is 14.8. The van der Waals surface area contributed by atoms with Gasteiger partial charge in [0.2, 0.25) is 11.8 Å². The molecule has 1 aliphatic rings. The molecule has 0 saturated heterocycles. The Hall–Kier alpha value is -4.57. The maximum Gasteiger partial charge on any atom is 0.244 e. The van der Waals surface area contributed by atoms with E-state index >= 15 is 0 Å². The van der Waals surface area contributed by atoms with Gasteiger partial charge in [-0.2, -0.15) is 5.26 Å². The van der Waals surface area contributed by atoms with Crippen molar-refractivity contribution in [2.24, 2.45) is 5.73 Å². The van der Waals surface area contributed by atoms with Crippen LogP contribution in [0.3, 0.4) is 0 Å². The number of aromatic nitrogens is 2. The van der Waals surface area contributed by atoms with Gasteiger partial charge in [0.05, 0.1) is 17.2 Å². The topological polar surface area (TPSA) is 97.0 Å². The predicted octanol–water partition coefficient (Wildman–Crippen LogP) is 5.32. The van der Waals surface area contributed by atoms with E-state index in [1.807, 2.05) is 55.5 Å².